The van der Waals surface area contributed by atoms with E-state index in [9.17, 15) is 4.79 Å². The lowest BCUT2D eigenvalue weighted by Crippen LogP contribution is -2.47. The summed E-state index contributed by atoms with van der Waals surface area (Å²) in [5, 5.41) is 10.2. The van der Waals surface area contributed by atoms with Crippen molar-refractivity contribution in [2.45, 2.75) is 45.7 Å². The lowest BCUT2D eigenvalue weighted by molar-refractivity contribution is -0.125. The molecule has 1 aromatic heterocycles. The molecule has 0 aliphatic carbocycles. The van der Waals surface area contributed by atoms with Gasteiger partial charge in [0, 0.05) is 11.6 Å². The van der Waals surface area contributed by atoms with Crippen LogP contribution in [0.25, 0.3) is 0 Å². The molecule has 1 atom stereocenters. The molecule has 6 nitrogen and oxygen atoms in total. The molecule has 0 saturated heterocycles. The summed E-state index contributed by atoms with van der Waals surface area (Å²) >= 11 is 0. The van der Waals surface area contributed by atoms with Crippen molar-refractivity contribution in [3.05, 3.63) is 77.4 Å². The number of aryl methyl sites for hydroxylation is 1. The summed E-state index contributed by atoms with van der Waals surface area (Å²) in [6.45, 7) is 8.06. The van der Waals surface area contributed by atoms with Crippen LogP contribution in [0.2, 0.25) is 0 Å². The van der Waals surface area contributed by atoms with Crippen LogP contribution in [0.1, 0.15) is 49.5 Å². The fraction of sp³-hybridized carbons (Fsp3) is 0.318. The summed E-state index contributed by atoms with van der Waals surface area (Å²) < 4.78 is 5.23. The topological polar surface area (TPSA) is 80.0 Å². The highest BCUT2D eigenvalue weighted by Crippen LogP contribution is 2.27. The fourth-order valence-corrected chi connectivity index (χ4v) is 2.86. The van der Waals surface area contributed by atoms with Gasteiger partial charge in [0.1, 0.15) is 5.54 Å². The van der Waals surface area contributed by atoms with Crippen LogP contribution in [0.4, 0.5) is 5.69 Å². The van der Waals surface area contributed by atoms with Crippen molar-refractivity contribution in [2.75, 3.05) is 5.32 Å². The number of aromatic nitrogens is 2. The van der Waals surface area contributed by atoms with Gasteiger partial charge in [0.05, 0.1) is 6.54 Å². The summed E-state index contributed by atoms with van der Waals surface area (Å²) in [7, 11) is 0. The second-order valence-corrected chi connectivity index (χ2v) is 7.37. The van der Waals surface area contributed by atoms with Gasteiger partial charge in [-0.1, -0.05) is 67.0 Å². The number of hydrogen-bond acceptors (Lipinski definition) is 5. The van der Waals surface area contributed by atoms with Gasteiger partial charge in [-0.05, 0) is 31.5 Å². The van der Waals surface area contributed by atoms with Crippen LogP contribution >= 0.6 is 0 Å². The average molecular weight is 378 g/mol. The summed E-state index contributed by atoms with van der Waals surface area (Å²) in [4.78, 5) is 17.5. The quantitative estimate of drug-likeness (QED) is 0.646. The van der Waals surface area contributed by atoms with E-state index in [1.165, 1.54) is 0 Å². The maximum Gasteiger partial charge on any atom is 0.250 e. The monoisotopic (exact) mass is 378 g/mol. The number of benzene rings is 2. The minimum Gasteiger partial charge on any atom is -0.368 e. The summed E-state index contributed by atoms with van der Waals surface area (Å²) in [6.07, 6.45) is 0. The van der Waals surface area contributed by atoms with Crippen LogP contribution in [0.5, 0.6) is 0 Å². The van der Waals surface area contributed by atoms with E-state index >= 15 is 0 Å². The number of amides is 1. The van der Waals surface area contributed by atoms with Crippen LogP contribution in [-0.4, -0.2) is 16.0 Å². The Balaban J connectivity index is 1.81. The van der Waals surface area contributed by atoms with Gasteiger partial charge in [0.25, 0.3) is 0 Å². The zero-order chi connectivity index (χ0) is 20.1. The van der Waals surface area contributed by atoms with Gasteiger partial charge < -0.3 is 15.2 Å². The third-order valence-electron chi connectivity index (χ3n) is 4.65. The molecule has 1 heterocycles. The first kappa shape index (κ1) is 19.6. The molecule has 6 heteroatoms. The molecule has 28 heavy (non-hydrogen) atoms. The maximum atomic E-state index is 13.2. The van der Waals surface area contributed by atoms with Gasteiger partial charge in [-0.2, -0.15) is 4.98 Å². The number of nitrogens with one attached hydrogen (secondary N) is 2. The Morgan fingerprint density at radius 1 is 1.11 bits per heavy atom. The van der Waals surface area contributed by atoms with Gasteiger partial charge >= 0.3 is 0 Å². The van der Waals surface area contributed by atoms with E-state index in [-0.39, 0.29) is 18.4 Å². The van der Waals surface area contributed by atoms with E-state index in [0.29, 0.717) is 11.7 Å². The highest BCUT2D eigenvalue weighted by Gasteiger charge is 2.35. The van der Waals surface area contributed by atoms with Gasteiger partial charge in [-0.15, -0.1) is 0 Å². The number of anilines is 1. The number of rotatable bonds is 7. The molecule has 3 rings (SSSR count). The van der Waals surface area contributed by atoms with Crippen molar-refractivity contribution >= 4 is 11.6 Å². The van der Waals surface area contributed by atoms with Gasteiger partial charge in [-0.25, -0.2) is 0 Å². The van der Waals surface area contributed by atoms with E-state index in [1.807, 2.05) is 82.3 Å². The van der Waals surface area contributed by atoms with Crippen molar-refractivity contribution < 1.29 is 9.32 Å². The fourth-order valence-electron chi connectivity index (χ4n) is 2.86. The predicted molar refractivity (Wildman–Crippen MR) is 109 cm³/mol. The number of carbonyl (C=O) groups is 1. The molecule has 0 bridgehead atoms. The van der Waals surface area contributed by atoms with Crippen LogP contribution in [0.3, 0.4) is 0 Å². The standard InChI is InChI=1S/C22H26N4O2/c1-15(2)20-24-19(28-26-20)14-23-21(27)22(4,17-8-6-5-7-9-17)25-18-12-10-16(3)11-13-18/h5-13,15,25H,14H2,1-4H3,(H,23,27)/t22-/m0/s1. The lowest BCUT2D eigenvalue weighted by atomic mass is 9.90. The number of nitrogens with zero attached hydrogens (tertiary/aromatic N) is 2. The van der Waals surface area contributed by atoms with Crippen molar-refractivity contribution in [2.24, 2.45) is 0 Å². The van der Waals surface area contributed by atoms with Crippen molar-refractivity contribution in [3.63, 3.8) is 0 Å². The Labute approximate surface area is 165 Å². The third kappa shape index (κ3) is 4.39. The average Bonchev–Trinajstić information content (AvgIpc) is 3.18. The second-order valence-electron chi connectivity index (χ2n) is 7.37. The predicted octanol–water partition coefficient (Wildman–Crippen LogP) is 4.15. The summed E-state index contributed by atoms with van der Waals surface area (Å²) in [5.41, 5.74) is 1.93. The van der Waals surface area contributed by atoms with Crippen molar-refractivity contribution in [1.29, 1.82) is 0 Å². The van der Waals surface area contributed by atoms with Gasteiger partial charge in [-0.3, -0.25) is 4.79 Å². The smallest absolute Gasteiger partial charge is 0.250 e. The number of carbonyl (C=O) groups excluding carboxylic acids is 1. The Hall–Kier alpha value is -3.15. The molecule has 2 aromatic carbocycles. The van der Waals surface area contributed by atoms with E-state index < -0.39 is 5.54 Å². The van der Waals surface area contributed by atoms with E-state index in [1.54, 1.807) is 0 Å². The Morgan fingerprint density at radius 3 is 2.39 bits per heavy atom. The molecule has 146 valence electrons. The molecule has 0 aliphatic heterocycles. The zero-order valence-corrected chi connectivity index (χ0v) is 16.7. The van der Waals surface area contributed by atoms with E-state index in [0.717, 1.165) is 16.8 Å². The molecule has 0 radical (unpaired) electrons. The Bertz CT molecular complexity index is 919. The molecule has 0 spiro atoms. The largest absolute Gasteiger partial charge is 0.368 e. The zero-order valence-electron chi connectivity index (χ0n) is 16.7. The molecule has 0 aliphatic rings. The molecule has 0 saturated carbocycles. The lowest BCUT2D eigenvalue weighted by Gasteiger charge is -2.31. The maximum absolute atomic E-state index is 13.2. The SMILES string of the molecule is Cc1ccc(N[C@](C)(C(=O)NCc2nc(C(C)C)no2)c2ccccc2)cc1. The molecule has 0 fully saturated rings. The van der Waals surface area contributed by atoms with E-state index in [4.69, 9.17) is 4.52 Å². The van der Waals surface area contributed by atoms with Gasteiger partial charge in [0.2, 0.25) is 11.8 Å². The first-order valence-corrected chi connectivity index (χ1v) is 9.39. The third-order valence-corrected chi connectivity index (χ3v) is 4.65. The molecular formula is C22H26N4O2. The Morgan fingerprint density at radius 2 is 1.79 bits per heavy atom. The van der Waals surface area contributed by atoms with Crippen LogP contribution in [0, 0.1) is 6.92 Å². The van der Waals surface area contributed by atoms with Crippen LogP contribution < -0.4 is 10.6 Å². The Kier molecular flexibility index (Phi) is 5.78. The van der Waals surface area contributed by atoms with Crippen LogP contribution in [0.15, 0.2) is 59.1 Å². The van der Waals surface area contributed by atoms with E-state index in [2.05, 4.69) is 20.8 Å². The summed E-state index contributed by atoms with van der Waals surface area (Å²) in [6, 6.07) is 17.6. The van der Waals surface area contributed by atoms with Crippen LogP contribution in [-0.2, 0) is 16.9 Å². The minimum atomic E-state index is -0.961. The highest BCUT2D eigenvalue weighted by molar-refractivity contribution is 5.90. The molecular weight excluding hydrogens is 352 g/mol. The molecule has 3 aromatic rings. The minimum absolute atomic E-state index is 0.172. The first-order valence-electron chi connectivity index (χ1n) is 9.39. The van der Waals surface area contributed by atoms with Gasteiger partial charge in [0.15, 0.2) is 5.82 Å². The second kappa shape index (κ2) is 8.25. The normalized spacial score (nSPS) is 13.2. The number of hydrogen-bond donors (Lipinski definition) is 2. The summed E-state index contributed by atoms with van der Waals surface area (Å²) in [5.74, 6) is 1.02. The highest BCUT2D eigenvalue weighted by atomic mass is 16.5. The first-order chi connectivity index (χ1) is 13.4. The molecule has 2 N–H and O–H groups in total. The van der Waals surface area contributed by atoms with Crippen molar-refractivity contribution in [1.82, 2.24) is 15.5 Å². The van der Waals surface area contributed by atoms with Crippen molar-refractivity contribution in [3.8, 4) is 0 Å². The molecule has 1 amide bonds. The molecule has 0 unspecified atom stereocenters.